The Hall–Kier alpha value is -3.35. The van der Waals surface area contributed by atoms with Crippen LogP contribution in [-0.2, 0) is 12.0 Å². The summed E-state index contributed by atoms with van der Waals surface area (Å²) in [5, 5.41) is 0. The molecule has 1 unspecified atom stereocenters. The number of benzene rings is 3. The fourth-order valence-corrected chi connectivity index (χ4v) is 5.90. The summed E-state index contributed by atoms with van der Waals surface area (Å²) in [6.07, 6.45) is 3.06. The smallest absolute Gasteiger partial charge is 0.253 e. The molecule has 0 radical (unpaired) electrons. The molecular weight excluding hydrogens is 462 g/mol. The maximum Gasteiger partial charge on any atom is 0.253 e. The summed E-state index contributed by atoms with van der Waals surface area (Å²) in [5.41, 5.74) is 10.4. The molecular formula is C31H37N3O3. The highest BCUT2D eigenvalue weighted by Crippen LogP contribution is 2.41. The predicted molar refractivity (Wildman–Crippen MR) is 146 cm³/mol. The molecule has 194 valence electrons. The topological polar surface area (TPSA) is 68.0 Å². The molecule has 37 heavy (non-hydrogen) atoms. The van der Waals surface area contributed by atoms with Gasteiger partial charge in [-0.2, -0.15) is 0 Å². The first-order chi connectivity index (χ1) is 18.0. The summed E-state index contributed by atoms with van der Waals surface area (Å²) in [7, 11) is 3.41. The first-order valence-electron chi connectivity index (χ1n) is 13.2. The van der Waals surface area contributed by atoms with Crippen LogP contribution in [0.3, 0.4) is 0 Å². The summed E-state index contributed by atoms with van der Waals surface area (Å²) < 4.78 is 10.9. The Kier molecular flexibility index (Phi) is 7.49. The number of carbonyl (C=O) groups is 1. The van der Waals surface area contributed by atoms with E-state index >= 15 is 0 Å². The van der Waals surface area contributed by atoms with E-state index in [0.717, 1.165) is 62.5 Å². The first-order valence-corrected chi connectivity index (χ1v) is 13.2. The zero-order valence-corrected chi connectivity index (χ0v) is 21.9. The van der Waals surface area contributed by atoms with Crippen molar-refractivity contribution in [2.45, 2.75) is 37.3 Å². The van der Waals surface area contributed by atoms with Gasteiger partial charge in [0.25, 0.3) is 5.91 Å². The molecule has 0 aromatic heterocycles. The number of likely N-dealkylation sites (tertiary alicyclic amines) is 2. The van der Waals surface area contributed by atoms with Gasteiger partial charge in [-0.15, -0.1) is 0 Å². The fraction of sp³-hybridized carbons (Fsp3) is 0.387. The lowest BCUT2D eigenvalue weighted by molar-refractivity contribution is 0.0791. The molecule has 2 aliphatic heterocycles. The largest absolute Gasteiger partial charge is 0.497 e. The highest BCUT2D eigenvalue weighted by atomic mass is 16.5. The number of methoxy groups -OCH3 is 2. The van der Waals surface area contributed by atoms with Crippen molar-refractivity contribution in [1.29, 1.82) is 0 Å². The van der Waals surface area contributed by atoms with Gasteiger partial charge in [0.05, 0.1) is 14.2 Å². The number of amides is 1. The minimum Gasteiger partial charge on any atom is -0.497 e. The summed E-state index contributed by atoms with van der Waals surface area (Å²) in [4.78, 5) is 17.2. The number of hydrogen-bond acceptors (Lipinski definition) is 5. The van der Waals surface area contributed by atoms with E-state index in [4.69, 9.17) is 15.2 Å². The number of nitrogens with two attached hydrogens (primary N) is 1. The van der Waals surface area contributed by atoms with Gasteiger partial charge in [-0.1, -0.05) is 36.4 Å². The van der Waals surface area contributed by atoms with Gasteiger partial charge in [0, 0.05) is 43.2 Å². The van der Waals surface area contributed by atoms with Crippen LogP contribution in [0.15, 0.2) is 72.8 Å². The van der Waals surface area contributed by atoms with Crippen LogP contribution < -0.4 is 15.2 Å². The summed E-state index contributed by atoms with van der Waals surface area (Å²) in [5.74, 6) is 1.81. The zero-order valence-electron chi connectivity index (χ0n) is 21.9. The number of ether oxygens (including phenoxy) is 2. The maximum atomic E-state index is 12.8. The van der Waals surface area contributed by atoms with Gasteiger partial charge in [0.2, 0.25) is 0 Å². The van der Waals surface area contributed by atoms with Crippen molar-refractivity contribution in [2.24, 2.45) is 5.73 Å². The van der Waals surface area contributed by atoms with Gasteiger partial charge in [0.15, 0.2) is 0 Å². The van der Waals surface area contributed by atoms with Crippen molar-refractivity contribution in [3.8, 4) is 11.5 Å². The molecule has 2 N–H and O–H groups in total. The van der Waals surface area contributed by atoms with E-state index in [-0.39, 0.29) is 17.4 Å². The second-order valence-corrected chi connectivity index (χ2v) is 10.4. The third kappa shape index (κ3) is 5.36. The Balaban J connectivity index is 1.36. The zero-order chi connectivity index (χ0) is 25.8. The molecule has 1 atom stereocenters. The van der Waals surface area contributed by atoms with E-state index in [9.17, 15) is 4.79 Å². The Morgan fingerprint density at radius 2 is 1.49 bits per heavy atom. The standard InChI is InChI=1S/C31H37N3O3/c1-36-28-12-8-25(9-13-28)31(26-10-14-29(37-2)15-11-26)17-3-18-33(22-31)20-23-4-6-24(7-5-23)30(35)34-19-16-27(32)21-34/h4-15,27H,3,16-22,32H2,1-2H3. The van der Waals surface area contributed by atoms with Gasteiger partial charge in [-0.05, 0) is 78.9 Å². The van der Waals surface area contributed by atoms with Gasteiger partial charge >= 0.3 is 0 Å². The van der Waals surface area contributed by atoms with Gasteiger partial charge in [-0.3, -0.25) is 9.69 Å². The van der Waals surface area contributed by atoms with Crippen LogP contribution in [0.1, 0.15) is 46.3 Å². The molecule has 0 saturated carbocycles. The van der Waals surface area contributed by atoms with Gasteiger partial charge in [0.1, 0.15) is 11.5 Å². The molecule has 2 aliphatic rings. The Bertz CT molecular complexity index is 1140. The van der Waals surface area contributed by atoms with Crippen molar-refractivity contribution in [2.75, 3.05) is 40.4 Å². The van der Waals surface area contributed by atoms with E-state index in [1.165, 1.54) is 16.7 Å². The molecule has 0 bridgehead atoms. The first kappa shape index (κ1) is 25.3. The number of rotatable bonds is 7. The van der Waals surface area contributed by atoms with Crippen LogP contribution in [-0.4, -0.2) is 62.1 Å². The highest BCUT2D eigenvalue weighted by Gasteiger charge is 2.39. The molecule has 3 aromatic rings. The summed E-state index contributed by atoms with van der Waals surface area (Å²) >= 11 is 0. The lowest BCUT2D eigenvalue weighted by atomic mass is 9.69. The van der Waals surface area contributed by atoms with Crippen LogP contribution in [0.2, 0.25) is 0 Å². The minimum absolute atomic E-state index is 0.0792. The number of piperidine rings is 1. The monoisotopic (exact) mass is 499 g/mol. The van der Waals surface area contributed by atoms with Crippen LogP contribution in [0.25, 0.3) is 0 Å². The fourth-order valence-electron chi connectivity index (χ4n) is 5.90. The van der Waals surface area contributed by atoms with Crippen LogP contribution in [0.5, 0.6) is 11.5 Å². The van der Waals surface area contributed by atoms with Crippen molar-refractivity contribution in [3.05, 3.63) is 95.1 Å². The predicted octanol–water partition coefficient (Wildman–Crippen LogP) is 4.46. The molecule has 2 heterocycles. The lowest BCUT2D eigenvalue weighted by Crippen LogP contribution is -2.46. The van der Waals surface area contributed by atoms with E-state index in [1.54, 1.807) is 14.2 Å². The van der Waals surface area contributed by atoms with Crippen LogP contribution >= 0.6 is 0 Å². The molecule has 6 heteroatoms. The molecule has 3 aromatic carbocycles. The van der Waals surface area contributed by atoms with Crippen LogP contribution in [0.4, 0.5) is 0 Å². The molecule has 6 nitrogen and oxygen atoms in total. The summed E-state index contributed by atoms with van der Waals surface area (Å²) in [6, 6.07) is 25.3. The lowest BCUT2D eigenvalue weighted by Gasteiger charge is -2.44. The molecule has 0 aliphatic carbocycles. The second kappa shape index (κ2) is 11.0. The quantitative estimate of drug-likeness (QED) is 0.520. The maximum absolute atomic E-state index is 12.8. The number of hydrogen-bond donors (Lipinski definition) is 1. The molecule has 2 fully saturated rings. The Morgan fingerprint density at radius 1 is 0.892 bits per heavy atom. The van der Waals surface area contributed by atoms with Crippen molar-refractivity contribution >= 4 is 5.91 Å². The van der Waals surface area contributed by atoms with E-state index in [2.05, 4.69) is 65.6 Å². The third-order valence-corrected chi connectivity index (χ3v) is 7.98. The molecule has 0 spiro atoms. The normalized spacial score (nSPS) is 19.5. The molecule has 5 rings (SSSR count). The summed E-state index contributed by atoms with van der Waals surface area (Å²) in [6.45, 7) is 4.19. The van der Waals surface area contributed by atoms with Crippen molar-refractivity contribution in [1.82, 2.24) is 9.80 Å². The van der Waals surface area contributed by atoms with E-state index in [0.29, 0.717) is 6.54 Å². The van der Waals surface area contributed by atoms with Crippen molar-refractivity contribution < 1.29 is 14.3 Å². The SMILES string of the molecule is COc1ccc(C2(c3ccc(OC)cc3)CCCN(Cc3ccc(C(=O)N4CCC(N)C4)cc3)C2)cc1. The Labute approximate surface area is 220 Å². The Morgan fingerprint density at radius 3 is 2.00 bits per heavy atom. The average Bonchev–Trinajstić information content (AvgIpc) is 3.39. The molecule has 1 amide bonds. The minimum atomic E-state index is -0.124. The van der Waals surface area contributed by atoms with E-state index < -0.39 is 0 Å². The third-order valence-electron chi connectivity index (χ3n) is 7.98. The second-order valence-electron chi connectivity index (χ2n) is 10.4. The molecule has 2 saturated heterocycles. The van der Waals surface area contributed by atoms with Crippen molar-refractivity contribution in [3.63, 3.8) is 0 Å². The van der Waals surface area contributed by atoms with Crippen LogP contribution in [0, 0.1) is 0 Å². The van der Waals surface area contributed by atoms with Gasteiger partial charge < -0.3 is 20.1 Å². The van der Waals surface area contributed by atoms with Gasteiger partial charge in [-0.25, -0.2) is 0 Å². The van der Waals surface area contributed by atoms with E-state index in [1.807, 2.05) is 17.0 Å². The number of carbonyl (C=O) groups excluding carboxylic acids is 1. The highest BCUT2D eigenvalue weighted by molar-refractivity contribution is 5.94. The average molecular weight is 500 g/mol. The number of nitrogens with zero attached hydrogens (tertiary/aromatic N) is 2.